The van der Waals surface area contributed by atoms with Gasteiger partial charge in [-0.3, -0.25) is 9.69 Å². The van der Waals surface area contributed by atoms with E-state index in [0.717, 1.165) is 79.3 Å². The smallest absolute Gasteiger partial charge is 0.228 e. The highest BCUT2D eigenvalue weighted by Gasteiger charge is 2.46. The van der Waals surface area contributed by atoms with Gasteiger partial charge in [0.2, 0.25) is 17.5 Å². The molecule has 10 nitrogen and oxygen atoms in total. The highest BCUT2D eigenvalue weighted by atomic mass is 32.1. The van der Waals surface area contributed by atoms with Crippen LogP contribution in [0.25, 0.3) is 11.0 Å². The average Bonchev–Trinajstić information content (AvgIpc) is 3.81. The third-order valence-corrected chi connectivity index (χ3v) is 11.6. The Kier molecular flexibility index (Phi) is 7.42. The Morgan fingerprint density at radius 3 is 2.73 bits per heavy atom. The second kappa shape index (κ2) is 11.2. The van der Waals surface area contributed by atoms with Gasteiger partial charge >= 0.3 is 0 Å². The number of rotatable bonds is 6. The number of Topliss-reactive ketones (excluding diaryl/α,β-unsaturated/α-hetero) is 1. The van der Waals surface area contributed by atoms with Gasteiger partial charge in [-0.1, -0.05) is 0 Å². The minimum absolute atomic E-state index is 0.106. The fraction of sp³-hybridized carbons (Fsp3) is 0.576. The molecule has 2 fully saturated rings. The van der Waals surface area contributed by atoms with Crippen LogP contribution in [0, 0.1) is 18.3 Å². The molecule has 5 heterocycles. The number of likely N-dealkylation sites (tertiary alicyclic amines) is 1. The van der Waals surface area contributed by atoms with E-state index in [2.05, 4.69) is 35.7 Å². The monoisotopic (exact) mass is 615 g/mol. The zero-order chi connectivity index (χ0) is 30.7. The lowest BCUT2D eigenvalue weighted by molar-refractivity contribution is 0.100. The summed E-state index contributed by atoms with van der Waals surface area (Å²) >= 11 is 1.49. The van der Waals surface area contributed by atoms with Gasteiger partial charge in [0.05, 0.1) is 23.6 Å². The number of nitrogens with zero attached hydrogens (tertiary/aromatic N) is 5. The van der Waals surface area contributed by atoms with Crippen LogP contribution in [0.5, 0.6) is 5.88 Å². The summed E-state index contributed by atoms with van der Waals surface area (Å²) in [5, 5.41) is 11.4. The van der Waals surface area contributed by atoms with E-state index in [1.165, 1.54) is 11.3 Å². The van der Waals surface area contributed by atoms with E-state index in [-0.39, 0.29) is 29.8 Å². The maximum Gasteiger partial charge on any atom is 0.228 e. The lowest BCUT2D eigenvalue weighted by Gasteiger charge is -2.42. The summed E-state index contributed by atoms with van der Waals surface area (Å²) in [6.07, 6.45) is 9.76. The maximum absolute atomic E-state index is 14.5. The summed E-state index contributed by atoms with van der Waals surface area (Å²) in [6, 6.07) is 2.75. The number of anilines is 1. The van der Waals surface area contributed by atoms with E-state index in [1.807, 2.05) is 6.92 Å². The molecule has 11 heteroatoms. The van der Waals surface area contributed by atoms with Crippen LogP contribution in [0.3, 0.4) is 0 Å². The van der Waals surface area contributed by atoms with Crippen molar-refractivity contribution in [2.75, 3.05) is 32.5 Å². The quantitative estimate of drug-likeness (QED) is 0.369. The maximum atomic E-state index is 14.5. The van der Waals surface area contributed by atoms with Crippen molar-refractivity contribution in [3.8, 4) is 11.9 Å². The third-order valence-electron chi connectivity index (χ3n) is 10.5. The molecule has 0 unspecified atom stereocenters. The van der Waals surface area contributed by atoms with Crippen LogP contribution in [0.2, 0.25) is 0 Å². The molecule has 7 rings (SSSR count). The summed E-state index contributed by atoms with van der Waals surface area (Å²) in [5.41, 5.74) is 17.0. The van der Waals surface area contributed by atoms with Crippen LogP contribution in [0.4, 0.5) is 5.00 Å². The van der Waals surface area contributed by atoms with Crippen molar-refractivity contribution >= 4 is 33.2 Å². The van der Waals surface area contributed by atoms with Crippen molar-refractivity contribution in [1.29, 1.82) is 5.26 Å². The Labute approximate surface area is 262 Å². The minimum Gasteiger partial charge on any atom is -0.472 e. The molecule has 2 aliphatic heterocycles. The van der Waals surface area contributed by atoms with E-state index in [9.17, 15) is 10.1 Å². The number of thiophene rings is 1. The normalized spacial score (nSPS) is 26.3. The molecule has 2 aliphatic carbocycles. The number of hydrogen-bond donors (Lipinski definition) is 2. The van der Waals surface area contributed by atoms with E-state index in [0.29, 0.717) is 53.0 Å². The molecular formula is C33H41N7O3S. The molecule has 3 aromatic rings. The van der Waals surface area contributed by atoms with Gasteiger partial charge in [0.25, 0.3) is 0 Å². The lowest BCUT2D eigenvalue weighted by atomic mass is 9.62. The van der Waals surface area contributed by atoms with Gasteiger partial charge in [-0.25, -0.2) is 4.98 Å². The fourth-order valence-electron chi connectivity index (χ4n) is 8.27. The van der Waals surface area contributed by atoms with Crippen LogP contribution in [-0.4, -0.2) is 64.2 Å². The second-order valence-electron chi connectivity index (χ2n) is 13.1. The summed E-state index contributed by atoms with van der Waals surface area (Å²) in [4.78, 5) is 27.7. The molecule has 0 aromatic carbocycles. The number of nitriles is 1. The van der Waals surface area contributed by atoms with E-state index in [4.69, 9.17) is 30.9 Å². The van der Waals surface area contributed by atoms with Crippen molar-refractivity contribution in [1.82, 2.24) is 19.4 Å². The fourth-order valence-corrected chi connectivity index (χ4v) is 9.43. The zero-order valence-corrected chi connectivity index (χ0v) is 26.6. The molecular weight excluding hydrogens is 574 g/mol. The van der Waals surface area contributed by atoms with Crippen molar-refractivity contribution < 1.29 is 14.3 Å². The first-order valence-electron chi connectivity index (χ1n) is 15.9. The van der Waals surface area contributed by atoms with Gasteiger partial charge < -0.3 is 25.5 Å². The summed E-state index contributed by atoms with van der Waals surface area (Å²) in [7, 11) is 2.13. The first-order valence-corrected chi connectivity index (χ1v) is 16.7. The van der Waals surface area contributed by atoms with Crippen molar-refractivity contribution in [2.45, 2.75) is 95.2 Å². The molecule has 2 saturated heterocycles. The Bertz CT molecular complexity index is 1710. The molecule has 44 heavy (non-hydrogen) atoms. The number of allylic oxidation sites excluding steroid dienone is 2. The molecule has 0 bridgehead atoms. The molecule has 4 atom stereocenters. The molecule has 0 radical (unpaired) electrons. The van der Waals surface area contributed by atoms with Crippen LogP contribution in [-0.2, 0) is 16.6 Å². The number of fused-ring (bicyclic) bond motifs is 3. The largest absolute Gasteiger partial charge is 0.472 e. The number of hydrogen-bond acceptors (Lipinski definition) is 10. The highest BCUT2D eigenvalue weighted by Crippen LogP contribution is 2.53. The Morgan fingerprint density at radius 1 is 1.23 bits per heavy atom. The summed E-state index contributed by atoms with van der Waals surface area (Å²) in [6.45, 7) is 6.47. The number of ketones is 1. The molecule has 0 saturated carbocycles. The number of likely N-dealkylation sites (N-methyl/N-ethyl adjacent to an activating group) is 1. The number of aromatic nitrogens is 3. The van der Waals surface area contributed by atoms with E-state index in [1.54, 1.807) is 0 Å². The molecule has 0 amide bonds. The van der Waals surface area contributed by atoms with Crippen molar-refractivity contribution in [3.63, 3.8) is 0 Å². The van der Waals surface area contributed by atoms with Crippen LogP contribution in [0.15, 0.2) is 17.5 Å². The number of nitrogens with two attached hydrogens (primary N) is 2. The van der Waals surface area contributed by atoms with Crippen LogP contribution >= 0.6 is 11.3 Å². The molecule has 4 N–H and O–H groups in total. The summed E-state index contributed by atoms with van der Waals surface area (Å²) < 4.78 is 14.5. The van der Waals surface area contributed by atoms with Gasteiger partial charge in [-0.15, -0.1) is 11.3 Å². The average molecular weight is 616 g/mol. The number of nitrogen functional groups attached to an aromatic ring is 1. The first kappa shape index (κ1) is 29.3. The molecule has 4 aliphatic rings. The van der Waals surface area contributed by atoms with Gasteiger partial charge in [-0.2, -0.15) is 10.2 Å². The predicted octanol–water partition coefficient (Wildman–Crippen LogP) is 4.93. The zero-order valence-electron chi connectivity index (χ0n) is 25.8. The van der Waals surface area contributed by atoms with Crippen molar-refractivity contribution in [3.05, 3.63) is 44.9 Å². The molecule has 232 valence electrons. The van der Waals surface area contributed by atoms with Gasteiger partial charge in [0.15, 0.2) is 0 Å². The Morgan fingerprint density at radius 2 is 2.02 bits per heavy atom. The number of carbonyl (C=O) groups is 1. The number of carbonyl (C=O) groups excluding carboxylic acids is 1. The Balaban J connectivity index is 1.35. The highest BCUT2D eigenvalue weighted by molar-refractivity contribution is 7.16. The molecule has 1 spiro atoms. The van der Waals surface area contributed by atoms with E-state index < -0.39 is 5.41 Å². The van der Waals surface area contributed by atoms with E-state index >= 15 is 0 Å². The SMILES string of the molecule is Cc1cn([C@@H]2CCOC2)c2nc(C(=O)C3=C(N)[C@@]4(CCC3)CCCc3sc(N)c(C#N)c34)nc(O[C@@H](C)[C@@H]3CCCN3C)c12. The predicted molar refractivity (Wildman–Crippen MR) is 170 cm³/mol. The molecule has 3 aromatic heterocycles. The lowest BCUT2D eigenvalue weighted by Crippen LogP contribution is -2.41. The van der Waals surface area contributed by atoms with Crippen LogP contribution in [0.1, 0.15) is 96.5 Å². The van der Waals surface area contributed by atoms with Gasteiger partial charge in [0.1, 0.15) is 22.8 Å². The summed E-state index contributed by atoms with van der Waals surface area (Å²) in [5.74, 6) is 0.290. The first-order chi connectivity index (χ1) is 21.2. The third kappa shape index (κ3) is 4.53. The van der Waals surface area contributed by atoms with Gasteiger partial charge in [0, 0.05) is 40.4 Å². The standard InChI is InChI=1S/C33H41N7O3S/c1-18-16-40(20-10-14-42-17-20)31-25(18)32(43-19(2)23-8-6-13-39(23)3)38-30(37-31)27(41)21-7-4-11-33(28(21)35)12-5-9-24-26(33)22(15-34)29(36)44-24/h16,19-20,23H,4-14,17,35-36H2,1-3H3/t19-,20+,23-,33-/m0/s1. The topological polar surface area (TPSA) is 145 Å². The van der Waals surface area contributed by atoms with Gasteiger partial charge in [-0.05, 0) is 96.4 Å². The Hall–Kier alpha value is -3.46. The minimum atomic E-state index is -0.570. The number of aryl methyl sites for hydroxylation is 2. The van der Waals surface area contributed by atoms with Crippen LogP contribution < -0.4 is 16.2 Å². The second-order valence-corrected chi connectivity index (χ2v) is 14.2. The van der Waals surface area contributed by atoms with Crippen molar-refractivity contribution in [2.24, 2.45) is 5.73 Å². The number of ether oxygens (including phenoxy) is 2.